The molecule has 1 aliphatic rings. The van der Waals surface area contributed by atoms with E-state index < -0.39 is 74.5 Å². The van der Waals surface area contributed by atoms with Crippen LogP contribution < -0.4 is 10.1 Å². The summed E-state index contributed by atoms with van der Waals surface area (Å²) in [4.78, 5) is 1.65. The first-order valence-electron chi connectivity index (χ1n) is 8.87. The minimum atomic E-state index is -6.01. The number of aliphatic hydroxyl groups excluding tert-OH is 1. The number of sulfone groups is 1. The summed E-state index contributed by atoms with van der Waals surface area (Å²) in [6.45, 7) is 5.85. The van der Waals surface area contributed by atoms with Crippen LogP contribution in [-0.2, 0) is 16.3 Å². The van der Waals surface area contributed by atoms with E-state index in [1.54, 1.807) is 0 Å². The quantitative estimate of drug-likeness (QED) is 0.477. The number of aliphatic hydroxyl groups is 1. The Morgan fingerprint density at radius 1 is 1.25 bits per heavy atom. The number of rotatable bonds is 6. The number of ether oxygens (including phenoxy) is 1. The number of hydrogen-bond donors (Lipinski definition) is 2. The van der Waals surface area contributed by atoms with Crippen molar-refractivity contribution in [3.63, 3.8) is 0 Å². The van der Waals surface area contributed by atoms with Crippen molar-refractivity contribution in [2.24, 2.45) is 0 Å². The molecule has 6 nitrogen and oxygen atoms in total. The van der Waals surface area contributed by atoms with E-state index in [2.05, 4.69) is 10.2 Å². The topological polar surface area (TPSA) is 80.0 Å². The van der Waals surface area contributed by atoms with E-state index in [9.17, 15) is 34.8 Å². The monoisotopic (exact) mass is 480 g/mol. The van der Waals surface area contributed by atoms with Gasteiger partial charge in [-0.1, -0.05) is 0 Å². The van der Waals surface area contributed by atoms with Crippen molar-refractivity contribution in [3.05, 3.63) is 58.7 Å². The molecule has 0 radical (unpaired) electrons. The Bertz CT molecular complexity index is 1190. The lowest BCUT2D eigenvalue weighted by Gasteiger charge is -2.23. The van der Waals surface area contributed by atoms with E-state index in [0.29, 0.717) is 6.07 Å². The van der Waals surface area contributed by atoms with E-state index in [1.807, 2.05) is 0 Å². The predicted octanol–water partition coefficient (Wildman–Crippen LogP) is 4.28. The summed E-state index contributed by atoms with van der Waals surface area (Å²) in [6.07, 6.45) is -1.17. The second-order valence-electron chi connectivity index (χ2n) is 6.81. The molecule has 1 aliphatic carbocycles. The number of nitrogens with zero attached hydrogens (tertiary/aromatic N) is 1. The second-order valence-corrected chi connectivity index (χ2v) is 8.72. The maximum Gasteiger partial charge on any atom is 0.501 e. The van der Waals surface area contributed by atoms with Crippen LogP contribution in [0.5, 0.6) is 11.5 Å². The van der Waals surface area contributed by atoms with Gasteiger partial charge in [0.2, 0.25) is 0 Å². The zero-order valence-corrected chi connectivity index (χ0v) is 16.7. The van der Waals surface area contributed by atoms with Gasteiger partial charge in [-0.05, 0) is 24.3 Å². The molecule has 32 heavy (non-hydrogen) atoms. The average molecular weight is 480 g/mol. The highest BCUT2D eigenvalue weighted by molar-refractivity contribution is 7.92. The molecule has 3 rings (SSSR count). The van der Waals surface area contributed by atoms with Gasteiger partial charge in [0.05, 0.1) is 24.1 Å². The highest BCUT2D eigenvalue weighted by Gasteiger charge is 2.55. The molecule has 1 atom stereocenters. The molecular formula is C19H14F6N2O4S. The van der Waals surface area contributed by atoms with Crippen molar-refractivity contribution in [3.8, 4) is 11.5 Å². The van der Waals surface area contributed by atoms with Gasteiger partial charge >= 0.3 is 5.51 Å². The van der Waals surface area contributed by atoms with Crippen molar-refractivity contribution in [1.82, 2.24) is 5.32 Å². The molecule has 0 saturated heterocycles. The lowest BCUT2D eigenvalue weighted by molar-refractivity contribution is -0.0442. The minimum Gasteiger partial charge on any atom is -0.458 e. The van der Waals surface area contributed by atoms with Crippen LogP contribution in [0.2, 0.25) is 0 Å². The number of nitrogens with one attached hydrogen (secondary N) is 1. The minimum absolute atomic E-state index is 0.180. The Morgan fingerprint density at radius 3 is 2.53 bits per heavy atom. The van der Waals surface area contributed by atoms with Crippen molar-refractivity contribution < 1.29 is 44.6 Å². The van der Waals surface area contributed by atoms with Crippen molar-refractivity contribution in [1.29, 1.82) is 0 Å². The molecule has 13 heteroatoms. The predicted molar refractivity (Wildman–Crippen MR) is 98.9 cm³/mol. The van der Waals surface area contributed by atoms with Crippen LogP contribution in [0.15, 0.2) is 35.2 Å². The molecule has 0 aromatic heterocycles. The fourth-order valence-electron chi connectivity index (χ4n) is 3.38. The third-order valence-corrected chi connectivity index (χ3v) is 6.21. The third-order valence-electron chi connectivity index (χ3n) is 4.67. The van der Waals surface area contributed by atoms with Crippen molar-refractivity contribution in [2.75, 3.05) is 13.2 Å². The molecular weight excluding hydrogens is 466 g/mol. The summed E-state index contributed by atoms with van der Waals surface area (Å²) in [5.74, 6) is -5.32. The fourth-order valence-corrected chi connectivity index (χ4v) is 4.41. The summed E-state index contributed by atoms with van der Waals surface area (Å²) < 4.78 is 112. The molecule has 0 fully saturated rings. The van der Waals surface area contributed by atoms with Gasteiger partial charge in [0.1, 0.15) is 17.3 Å². The summed E-state index contributed by atoms with van der Waals surface area (Å²) >= 11 is 0. The number of hydrogen-bond acceptors (Lipinski definition) is 5. The molecule has 0 aliphatic heterocycles. The fraction of sp³-hybridized carbons (Fsp3) is 0.316. The summed E-state index contributed by atoms with van der Waals surface area (Å²) in [6, 6.07) is 1.89. The van der Waals surface area contributed by atoms with Crippen LogP contribution in [0, 0.1) is 12.4 Å². The van der Waals surface area contributed by atoms with Gasteiger partial charge in [-0.2, -0.15) is 13.2 Å². The Hall–Kier alpha value is -2.82. The number of alkyl halides is 5. The van der Waals surface area contributed by atoms with Crippen LogP contribution in [-0.4, -0.2) is 38.1 Å². The van der Waals surface area contributed by atoms with Crippen LogP contribution >= 0.6 is 0 Å². The van der Waals surface area contributed by atoms with Crippen LogP contribution in [0.1, 0.15) is 17.2 Å². The summed E-state index contributed by atoms with van der Waals surface area (Å²) in [5.41, 5.74) is -7.31. The molecule has 0 saturated carbocycles. The zero-order valence-electron chi connectivity index (χ0n) is 15.9. The molecule has 0 amide bonds. The van der Waals surface area contributed by atoms with Gasteiger partial charge in [-0.3, -0.25) is 0 Å². The lowest BCUT2D eigenvalue weighted by Crippen LogP contribution is -2.36. The van der Waals surface area contributed by atoms with Gasteiger partial charge < -0.3 is 15.2 Å². The number of halogens is 6. The number of fused-ring (bicyclic) bond motifs is 1. The normalized spacial score (nSPS) is 17.6. The van der Waals surface area contributed by atoms with E-state index in [1.165, 1.54) is 0 Å². The summed E-state index contributed by atoms with van der Waals surface area (Å²) in [5, 5.41) is 11.1. The molecule has 0 heterocycles. The maximum atomic E-state index is 14.7. The zero-order chi connectivity index (χ0) is 23.9. The number of benzene rings is 2. The first-order chi connectivity index (χ1) is 14.8. The van der Waals surface area contributed by atoms with Crippen molar-refractivity contribution >= 4 is 15.5 Å². The summed E-state index contributed by atoms with van der Waals surface area (Å²) in [7, 11) is -6.01. The van der Waals surface area contributed by atoms with E-state index in [0.717, 1.165) is 24.3 Å². The largest absolute Gasteiger partial charge is 0.501 e. The van der Waals surface area contributed by atoms with Gasteiger partial charge in [0.15, 0.2) is 5.69 Å². The van der Waals surface area contributed by atoms with Crippen LogP contribution in [0.4, 0.5) is 32.0 Å². The molecule has 0 bridgehead atoms. The van der Waals surface area contributed by atoms with Gasteiger partial charge in [-0.25, -0.2) is 26.4 Å². The smallest absolute Gasteiger partial charge is 0.458 e. The van der Waals surface area contributed by atoms with E-state index in [4.69, 9.17) is 16.4 Å². The Morgan fingerprint density at radius 2 is 1.94 bits per heavy atom. The molecule has 2 aromatic rings. The Labute approximate surface area is 178 Å². The van der Waals surface area contributed by atoms with E-state index in [-0.39, 0.29) is 11.4 Å². The molecule has 172 valence electrons. The maximum absolute atomic E-state index is 14.7. The SMILES string of the molecule is [C-]#[N+]c1cc(F)cc(Oc2ccc(S(=O)(=O)C(F)(F)F)c3c2CC(F)(F)[C@H]3NCCO)c1. The first-order valence-corrected chi connectivity index (χ1v) is 10.3. The van der Waals surface area contributed by atoms with Crippen molar-refractivity contribution in [2.45, 2.75) is 28.8 Å². The first kappa shape index (κ1) is 23.8. The van der Waals surface area contributed by atoms with Crippen LogP contribution in [0.3, 0.4) is 0 Å². The Balaban J connectivity index is 2.21. The Kier molecular flexibility index (Phi) is 6.16. The highest BCUT2D eigenvalue weighted by Crippen LogP contribution is 2.51. The van der Waals surface area contributed by atoms with E-state index >= 15 is 0 Å². The average Bonchev–Trinajstić information content (AvgIpc) is 2.95. The van der Waals surface area contributed by atoms with Gasteiger partial charge in [0, 0.05) is 30.2 Å². The second kappa shape index (κ2) is 8.27. The molecule has 0 unspecified atom stereocenters. The van der Waals surface area contributed by atoms with Gasteiger partial charge in [-0.15, -0.1) is 0 Å². The van der Waals surface area contributed by atoms with Crippen LogP contribution in [0.25, 0.3) is 4.85 Å². The lowest BCUT2D eigenvalue weighted by atomic mass is 10.1. The van der Waals surface area contributed by atoms with Gasteiger partial charge in [0.25, 0.3) is 15.8 Å². The highest BCUT2D eigenvalue weighted by atomic mass is 32.2. The molecule has 2 aromatic carbocycles. The molecule has 0 spiro atoms. The standard InChI is InChI=1S/C19H14F6N2O4S/c1-26-11-6-10(20)7-12(8-11)31-14-2-3-15(32(29,30)19(23,24)25)16-13(14)9-18(21,22)17(16)27-4-5-28/h2-3,6-8,17,27-28H,4-5,9H2/t17-/m0/s1. The molecule has 2 N–H and O–H groups in total. The third kappa shape index (κ3) is 4.25.